The van der Waals surface area contributed by atoms with E-state index in [9.17, 15) is 5.11 Å². The lowest BCUT2D eigenvalue weighted by molar-refractivity contribution is 0.281. The van der Waals surface area contributed by atoms with E-state index in [1.807, 2.05) is 45.2 Å². The molecule has 0 atom stereocenters. The molecule has 1 N–H and O–H groups in total. The Kier molecular flexibility index (Phi) is 4.81. The molecule has 1 aromatic heterocycles. The predicted octanol–water partition coefficient (Wildman–Crippen LogP) is 2.84. The van der Waals surface area contributed by atoms with Gasteiger partial charge in [-0.25, -0.2) is 4.98 Å². The fourth-order valence-corrected chi connectivity index (χ4v) is 2.47. The number of hydrogen-bond acceptors (Lipinski definition) is 4. The van der Waals surface area contributed by atoms with E-state index >= 15 is 0 Å². The van der Waals surface area contributed by atoms with Gasteiger partial charge >= 0.3 is 0 Å². The summed E-state index contributed by atoms with van der Waals surface area (Å²) in [5.41, 5.74) is 4.04. The summed E-state index contributed by atoms with van der Waals surface area (Å²) >= 11 is 0. The maximum Gasteiger partial charge on any atom is 0.134 e. The molecule has 0 aliphatic rings. The van der Waals surface area contributed by atoms with Crippen LogP contribution in [0.3, 0.4) is 0 Å². The lowest BCUT2D eigenvalue weighted by atomic mass is 10.1. The van der Waals surface area contributed by atoms with Gasteiger partial charge in [0.05, 0.1) is 13.7 Å². The van der Waals surface area contributed by atoms with Gasteiger partial charge < -0.3 is 14.7 Å². The van der Waals surface area contributed by atoms with E-state index in [0.717, 1.165) is 34.0 Å². The fraction of sp³-hybridized carbons (Fsp3) is 0.353. The number of anilines is 1. The summed E-state index contributed by atoms with van der Waals surface area (Å²) in [4.78, 5) is 6.63. The summed E-state index contributed by atoms with van der Waals surface area (Å²) in [6, 6.07) is 9.97. The third-order valence-corrected chi connectivity index (χ3v) is 3.53. The number of aliphatic hydroxyl groups excluding tert-OH is 1. The van der Waals surface area contributed by atoms with Crippen molar-refractivity contribution >= 4 is 5.82 Å². The van der Waals surface area contributed by atoms with Crippen LogP contribution < -0.4 is 9.64 Å². The number of rotatable bonds is 5. The molecule has 0 unspecified atom stereocenters. The van der Waals surface area contributed by atoms with Gasteiger partial charge in [0.1, 0.15) is 11.6 Å². The molecule has 2 aromatic rings. The van der Waals surface area contributed by atoms with Gasteiger partial charge in [-0.15, -0.1) is 0 Å². The Morgan fingerprint density at radius 2 is 2.00 bits per heavy atom. The molecule has 0 aliphatic carbocycles. The lowest BCUT2D eigenvalue weighted by Gasteiger charge is -2.22. The molecular formula is C17H22N2O2. The van der Waals surface area contributed by atoms with Crippen molar-refractivity contribution in [3.8, 4) is 5.75 Å². The highest BCUT2D eigenvalue weighted by atomic mass is 16.5. The van der Waals surface area contributed by atoms with Gasteiger partial charge in [-0.3, -0.25) is 0 Å². The zero-order chi connectivity index (χ0) is 15.4. The monoisotopic (exact) mass is 286 g/mol. The van der Waals surface area contributed by atoms with E-state index in [0.29, 0.717) is 6.54 Å². The Morgan fingerprint density at radius 3 is 2.67 bits per heavy atom. The minimum atomic E-state index is -0.00308. The normalized spacial score (nSPS) is 10.5. The molecule has 0 bridgehead atoms. The SMILES string of the molecule is COc1cccc(CN(C)c2nc(C)cc(C)c2CO)c1. The van der Waals surface area contributed by atoms with Crippen molar-refractivity contribution in [1.82, 2.24) is 4.98 Å². The molecule has 0 fully saturated rings. The second kappa shape index (κ2) is 6.59. The number of nitrogens with zero attached hydrogens (tertiary/aromatic N) is 2. The molecule has 0 spiro atoms. The Balaban J connectivity index is 2.29. The predicted molar refractivity (Wildman–Crippen MR) is 84.7 cm³/mol. The quantitative estimate of drug-likeness (QED) is 0.918. The standard InChI is InChI=1S/C17H22N2O2/c1-12-8-13(2)18-17(16(12)11-20)19(3)10-14-6-5-7-15(9-14)21-4/h5-9,20H,10-11H2,1-4H3. The molecule has 21 heavy (non-hydrogen) atoms. The van der Waals surface area contributed by atoms with Crippen LogP contribution in [0.1, 0.15) is 22.4 Å². The van der Waals surface area contributed by atoms with Crippen molar-refractivity contribution in [2.24, 2.45) is 0 Å². The molecule has 2 rings (SSSR count). The molecule has 0 amide bonds. The first-order chi connectivity index (χ1) is 10.0. The minimum absolute atomic E-state index is 0.00308. The molecule has 4 heteroatoms. The van der Waals surface area contributed by atoms with E-state index < -0.39 is 0 Å². The number of pyridine rings is 1. The Labute approximate surface area is 126 Å². The summed E-state index contributed by atoms with van der Waals surface area (Å²) in [5, 5.41) is 9.60. The number of ether oxygens (including phenoxy) is 1. The number of benzene rings is 1. The van der Waals surface area contributed by atoms with Crippen LogP contribution in [0.5, 0.6) is 5.75 Å². The zero-order valence-electron chi connectivity index (χ0n) is 13.1. The van der Waals surface area contributed by atoms with E-state index in [1.165, 1.54) is 0 Å². The maximum absolute atomic E-state index is 9.60. The number of hydrogen-bond donors (Lipinski definition) is 1. The summed E-state index contributed by atoms with van der Waals surface area (Å²) < 4.78 is 5.25. The van der Waals surface area contributed by atoms with E-state index in [4.69, 9.17) is 4.74 Å². The first-order valence-electron chi connectivity index (χ1n) is 6.97. The Bertz CT molecular complexity index is 626. The molecule has 0 saturated heterocycles. The van der Waals surface area contributed by atoms with Crippen LogP contribution in [0, 0.1) is 13.8 Å². The van der Waals surface area contributed by atoms with Crippen molar-refractivity contribution in [2.75, 3.05) is 19.1 Å². The summed E-state index contributed by atoms with van der Waals surface area (Å²) in [7, 11) is 3.65. The van der Waals surface area contributed by atoms with Crippen LogP contribution in [0.25, 0.3) is 0 Å². The molecule has 1 heterocycles. The van der Waals surface area contributed by atoms with Crippen LogP contribution in [0.2, 0.25) is 0 Å². The van der Waals surface area contributed by atoms with E-state index in [2.05, 4.69) is 16.0 Å². The topological polar surface area (TPSA) is 45.6 Å². The van der Waals surface area contributed by atoms with Gasteiger partial charge in [0.15, 0.2) is 0 Å². The van der Waals surface area contributed by atoms with Crippen LogP contribution in [-0.4, -0.2) is 24.2 Å². The second-order valence-electron chi connectivity index (χ2n) is 5.25. The van der Waals surface area contributed by atoms with Crippen molar-refractivity contribution in [3.63, 3.8) is 0 Å². The van der Waals surface area contributed by atoms with Crippen LogP contribution >= 0.6 is 0 Å². The molecule has 0 saturated carbocycles. The van der Waals surface area contributed by atoms with Gasteiger partial charge in [0, 0.05) is 24.8 Å². The summed E-state index contributed by atoms with van der Waals surface area (Å²) in [5.74, 6) is 1.68. The van der Waals surface area contributed by atoms with Gasteiger partial charge in [-0.2, -0.15) is 0 Å². The molecule has 0 radical (unpaired) electrons. The highest BCUT2D eigenvalue weighted by Gasteiger charge is 2.13. The van der Waals surface area contributed by atoms with Crippen LogP contribution in [0.4, 0.5) is 5.82 Å². The van der Waals surface area contributed by atoms with Gasteiger partial charge in [0.25, 0.3) is 0 Å². The van der Waals surface area contributed by atoms with Crippen LogP contribution in [-0.2, 0) is 13.2 Å². The third-order valence-electron chi connectivity index (χ3n) is 3.53. The average molecular weight is 286 g/mol. The molecule has 1 aromatic carbocycles. The largest absolute Gasteiger partial charge is 0.497 e. The van der Waals surface area contributed by atoms with E-state index in [1.54, 1.807) is 7.11 Å². The number of methoxy groups -OCH3 is 1. The average Bonchev–Trinajstić information content (AvgIpc) is 2.46. The summed E-state index contributed by atoms with van der Waals surface area (Å²) in [6.45, 7) is 4.68. The number of aromatic nitrogens is 1. The number of aryl methyl sites for hydroxylation is 2. The van der Waals surface area contributed by atoms with Crippen molar-refractivity contribution in [1.29, 1.82) is 0 Å². The van der Waals surface area contributed by atoms with Crippen LogP contribution in [0.15, 0.2) is 30.3 Å². The number of aliphatic hydroxyl groups is 1. The van der Waals surface area contributed by atoms with Crippen molar-refractivity contribution in [2.45, 2.75) is 27.0 Å². The highest BCUT2D eigenvalue weighted by Crippen LogP contribution is 2.24. The minimum Gasteiger partial charge on any atom is -0.497 e. The van der Waals surface area contributed by atoms with Gasteiger partial charge in [-0.1, -0.05) is 12.1 Å². The third kappa shape index (κ3) is 3.52. The first-order valence-corrected chi connectivity index (χ1v) is 6.97. The summed E-state index contributed by atoms with van der Waals surface area (Å²) in [6.07, 6.45) is 0. The highest BCUT2D eigenvalue weighted by molar-refractivity contribution is 5.51. The lowest BCUT2D eigenvalue weighted by Crippen LogP contribution is -2.20. The molecular weight excluding hydrogens is 264 g/mol. The Hall–Kier alpha value is -2.07. The first kappa shape index (κ1) is 15.3. The van der Waals surface area contributed by atoms with Crippen molar-refractivity contribution < 1.29 is 9.84 Å². The smallest absolute Gasteiger partial charge is 0.134 e. The molecule has 0 aliphatic heterocycles. The van der Waals surface area contributed by atoms with Gasteiger partial charge in [-0.05, 0) is 43.2 Å². The fourth-order valence-electron chi connectivity index (χ4n) is 2.47. The van der Waals surface area contributed by atoms with Crippen molar-refractivity contribution in [3.05, 3.63) is 52.7 Å². The van der Waals surface area contributed by atoms with Gasteiger partial charge in [0.2, 0.25) is 0 Å². The maximum atomic E-state index is 9.60. The second-order valence-corrected chi connectivity index (χ2v) is 5.25. The Morgan fingerprint density at radius 1 is 1.24 bits per heavy atom. The zero-order valence-corrected chi connectivity index (χ0v) is 13.1. The molecule has 4 nitrogen and oxygen atoms in total. The molecule has 112 valence electrons. The van der Waals surface area contributed by atoms with E-state index in [-0.39, 0.29) is 6.61 Å².